The van der Waals surface area contributed by atoms with Crippen LogP contribution >= 0.6 is 15.9 Å². The molecule has 0 radical (unpaired) electrons. The van der Waals surface area contributed by atoms with Crippen LogP contribution in [0.15, 0.2) is 53.0 Å². The molecule has 5 nitrogen and oxygen atoms in total. The van der Waals surface area contributed by atoms with E-state index in [9.17, 15) is 4.79 Å². The average molecular weight is 419 g/mol. The van der Waals surface area contributed by atoms with Crippen LogP contribution in [0.2, 0.25) is 0 Å². The molecule has 0 aliphatic carbocycles. The van der Waals surface area contributed by atoms with Crippen LogP contribution in [0.5, 0.6) is 5.75 Å². The fourth-order valence-corrected chi connectivity index (χ4v) is 3.47. The summed E-state index contributed by atoms with van der Waals surface area (Å²) in [6.07, 6.45) is -0.0109. The van der Waals surface area contributed by atoms with Gasteiger partial charge in [-0.1, -0.05) is 46.3 Å². The number of morpholine rings is 1. The highest BCUT2D eigenvalue weighted by molar-refractivity contribution is 9.10. The zero-order valence-electron chi connectivity index (χ0n) is 14.8. The van der Waals surface area contributed by atoms with Gasteiger partial charge in [0.2, 0.25) is 5.91 Å². The van der Waals surface area contributed by atoms with Gasteiger partial charge in [-0.3, -0.25) is 9.69 Å². The van der Waals surface area contributed by atoms with Crippen molar-refractivity contribution >= 4 is 21.8 Å². The Hall–Kier alpha value is -1.89. The third-order valence-corrected chi connectivity index (χ3v) is 4.90. The van der Waals surface area contributed by atoms with E-state index in [1.807, 2.05) is 36.4 Å². The van der Waals surface area contributed by atoms with Gasteiger partial charge in [0.1, 0.15) is 5.75 Å². The number of halogens is 1. The molecule has 2 aromatic rings. The number of ether oxygens (including phenoxy) is 2. The summed E-state index contributed by atoms with van der Waals surface area (Å²) >= 11 is 3.50. The first-order chi connectivity index (χ1) is 12.7. The van der Waals surface area contributed by atoms with E-state index < -0.39 is 0 Å². The highest BCUT2D eigenvalue weighted by atomic mass is 79.9. The van der Waals surface area contributed by atoms with Gasteiger partial charge in [0.15, 0.2) is 0 Å². The standard InChI is InChI=1S/C20H23BrN2O3/c1-25-18-8-3-2-5-16(18)12-22-20(24)14-23-9-10-26-19(13-23)15-6-4-7-17(21)11-15/h2-8,11,19H,9-10,12-14H2,1H3,(H,22,24). The number of carbonyl (C=O) groups is 1. The lowest BCUT2D eigenvalue weighted by molar-refractivity contribution is -0.124. The van der Waals surface area contributed by atoms with E-state index in [1.54, 1.807) is 7.11 Å². The van der Waals surface area contributed by atoms with E-state index in [-0.39, 0.29) is 12.0 Å². The Bertz CT molecular complexity index is 753. The molecule has 1 saturated heterocycles. The van der Waals surface area contributed by atoms with Gasteiger partial charge in [-0.25, -0.2) is 0 Å². The summed E-state index contributed by atoms with van der Waals surface area (Å²) in [6.45, 7) is 2.91. The second kappa shape index (κ2) is 9.16. The van der Waals surface area contributed by atoms with E-state index in [0.29, 0.717) is 26.2 Å². The number of hydrogen-bond acceptors (Lipinski definition) is 4. The van der Waals surface area contributed by atoms with Crippen LogP contribution in [0.1, 0.15) is 17.2 Å². The quantitative estimate of drug-likeness (QED) is 0.782. The van der Waals surface area contributed by atoms with Crippen LogP contribution in [0.3, 0.4) is 0 Å². The van der Waals surface area contributed by atoms with Gasteiger partial charge in [0.05, 0.1) is 26.4 Å². The topological polar surface area (TPSA) is 50.8 Å². The Morgan fingerprint density at radius 2 is 2.15 bits per heavy atom. The molecule has 1 heterocycles. The number of para-hydroxylation sites is 1. The molecule has 6 heteroatoms. The second-order valence-corrected chi connectivity index (χ2v) is 7.15. The van der Waals surface area contributed by atoms with Crippen molar-refractivity contribution in [1.29, 1.82) is 0 Å². The first kappa shape index (κ1) is 18.9. The number of amides is 1. The summed E-state index contributed by atoms with van der Waals surface area (Å²) in [7, 11) is 1.64. The molecule has 1 unspecified atom stereocenters. The molecular weight excluding hydrogens is 396 g/mol. The summed E-state index contributed by atoms with van der Waals surface area (Å²) in [5.41, 5.74) is 2.09. The summed E-state index contributed by atoms with van der Waals surface area (Å²) < 4.78 is 12.2. The van der Waals surface area contributed by atoms with Crippen LogP contribution in [-0.2, 0) is 16.1 Å². The largest absolute Gasteiger partial charge is 0.496 e. The number of nitrogens with zero attached hydrogens (tertiary/aromatic N) is 1. The molecule has 1 fully saturated rings. The molecule has 0 bridgehead atoms. The minimum atomic E-state index is -0.0109. The van der Waals surface area contributed by atoms with Gasteiger partial charge in [-0.15, -0.1) is 0 Å². The summed E-state index contributed by atoms with van der Waals surface area (Å²) in [5.74, 6) is 0.791. The molecule has 0 spiro atoms. The molecule has 1 N–H and O–H groups in total. The Kier molecular flexibility index (Phi) is 6.66. The highest BCUT2D eigenvalue weighted by Gasteiger charge is 2.23. The predicted octanol–water partition coefficient (Wildman–Crippen LogP) is 3.15. The number of benzene rings is 2. The van der Waals surface area contributed by atoms with Gasteiger partial charge in [0.25, 0.3) is 0 Å². The smallest absolute Gasteiger partial charge is 0.234 e. The Morgan fingerprint density at radius 3 is 2.96 bits per heavy atom. The van der Waals surface area contributed by atoms with Crippen molar-refractivity contribution in [2.45, 2.75) is 12.6 Å². The molecule has 138 valence electrons. The molecule has 1 atom stereocenters. The number of rotatable bonds is 6. The summed E-state index contributed by atoms with van der Waals surface area (Å²) in [5, 5.41) is 2.98. The van der Waals surface area contributed by atoms with E-state index >= 15 is 0 Å². The van der Waals surface area contributed by atoms with Crippen LogP contribution in [-0.4, -0.2) is 44.2 Å². The van der Waals surface area contributed by atoms with E-state index in [0.717, 1.165) is 27.9 Å². The predicted molar refractivity (Wildman–Crippen MR) is 104 cm³/mol. The normalized spacial score (nSPS) is 17.7. The van der Waals surface area contributed by atoms with Gasteiger partial charge in [0, 0.05) is 29.7 Å². The molecule has 2 aromatic carbocycles. The lowest BCUT2D eigenvalue weighted by Gasteiger charge is -2.32. The molecular formula is C20H23BrN2O3. The highest BCUT2D eigenvalue weighted by Crippen LogP contribution is 2.24. The summed E-state index contributed by atoms with van der Waals surface area (Å²) in [4.78, 5) is 14.5. The van der Waals surface area contributed by atoms with Crippen LogP contribution in [0.4, 0.5) is 0 Å². The summed E-state index contributed by atoms with van der Waals surface area (Å²) in [6, 6.07) is 15.8. The van der Waals surface area contributed by atoms with E-state index in [4.69, 9.17) is 9.47 Å². The van der Waals surface area contributed by atoms with Gasteiger partial charge in [-0.2, -0.15) is 0 Å². The van der Waals surface area contributed by atoms with Gasteiger partial charge >= 0.3 is 0 Å². The van der Waals surface area contributed by atoms with Crippen molar-refractivity contribution in [2.75, 3.05) is 33.4 Å². The van der Waals surface area contributed by atoms with Crippen molar-refractivity contribution < 1.29 is 14.3 Å². The van der Waals surface area contributed by atoms with Crippen LogP contribution in [0, 0.1) is 0 Å². The zero-order valence-corrected chi connectivity index (χ0v) is 16.4. The van der Waals surface area contributed by atoms with Crippen molar-refractivity contribution in [1.82, 2.24) is 10.2 Å². The number of carbonyl (C=O) groups excluding carboxylic acids is 1. The van der Waals surface area contributed by atoms with Crippen molar-refractivity contribution in [3.8, 4) is 5.75 Å². The lowest BCUT2D eigenvalue weighted by atomic mass is 10.1. The zero-order chi connectivity index (χ0) is 18.4. The molecule has 1 aliphatic heterocycles. The van der Waals surface area contributed by atoms with Gasteiger partial charge in [-0.05, 0) is 23.8 Å². The molecule has 26 heavy (non-hydrogen) atoms. The Balaban J connectivity index is 1.52. The molecule has 3 rings (SSSR count). The molecule has 1 amide bonds. The lowest BCUT2D eigenvalue weighted by Crippen LogP contribution is -2.44. The SMILES string of the molecule is COc1ccccc1CNC(=O)CN1CCOC(c2cccc(Br)c2)C1. The first-order valence-electron chi connectivity index (χ1n) is 8.63. The monoisotopic (exact) mass is 418 g/mol. The van der Waals surface area contributed by atoms with Crippen molar-refractivity contribution in [2.24, 2.45) is 0 Å². The van der Waals surface area contributed by atoms with Gasteiger partial charge < -0.3 is 14.8 Å². The van der Waals surface area contributed by atoms with E-state index in [2.05, 4.69) is 38.3 Å². The fraction of sp³-hybridized carbons (Fsp3) is 0.350. The molecule has 1 aliphatic rings. The van der Waals surface area contributed by atoms with Crippen LogP contribution < -0.4 is 10.1 Å². The maximum Gasteiger partial charge on any atom is 0.234 e. The minimum Gasteiger partial charge on any atom is -0.496 e. The van der Waals surface area contributed by atoms with Crippen molar-refractivity contribution in [3.63, 3.8) is 0 Å². The third kappa shape index (κ3) is 5.06. The van der Waals surface area contributed by atoms with E-state index in [1.165, 1.54) is 0 Å². The number of hydrogen-bond donors (Lipinski definition) is 1. The average Bonchev–Trinajstić information content (AvgIpc) is 2.67. The third-order valence-electron chi connectivity index (χ3n) is 4.41. The maximum atomic E-state index is 12.3. The Morgan fingerprint density at radius 1 is 1.31 bits per heavy atom. The fourth-order valence-electron chi connectivity index (χ4n) is 3.06. The number of methoxy groups -OCH3 is 1. The first-order valence-corrected chi connectivity index (χ1v) is 9.43. The maximum absolute atomic E-state index is 12.3. The van der Waals surface area contributed by atoms with Crippen molar-refractivity contribution in [3.05, 3.63) is 64.1 Å². The minimum absolute atomic E-state index is 0.00537. The van der Waals surface area contributed by atoms with Crippen LogP contribution in [0.25, 0.3) is 0 Å². The Labute approximate surface area is 162 Å². The second-order valence-electron chi connectivity index (χ2n) is 6.24. The molecule has 0 aromatic heterocycles. The molecule has 0 saturated carbocycles. The number of nitrogens with one attached hydrogen (secondary N) is 1.